The average molecular weight is 558 g/mol. The molecule has 0 aliphatic carbocycles. The molecule has 0 fully saturated rings. The van der Waals surface area contributed by atoms with Gasteiger partial charge >= 0.3 is 0 Å². The average Bonchev–Trinajstić information content (AvgIpc) is 2.99. The molecule has 0 unspecified atom stereocenters. The van der Waals surface area contributed by atoms with E-state index in [4.69, 9.17) is 21.1 Å². The van der Waals surface area contributed by atoms with Gasteiger partial charge in [-0.1, -0.05) is 66.2 Å². The first kappa shape index (κ1) is 28.6. The van der Waals surface area contributed by atoms with Crippen molar-refractivity contribution in [1.29, 1.82) is 0 Å². The Balaban J connectivity index is 1.66. The molecule has 2 amide bonds. The quantitative estimate of drug-likeness (QED) is 0.257. The Morgan fingerprint density at radius 3 is 2.23 bits per heavy atom. The number of pyridine rings is 1. The van der Waals surface area contributed by atoms with Gasteiger partial charge in [-0.3, -0.25) is 14.6 Å². The normalized spacial score (nSPS) is 11.4. The van der Waals surface area contributed by atoms with Gasteiger partial charge in [0, 0.05) is 24.2 Å². The number of ether oxygens (including phenoxy) is 2. The Bertz CT molecular complexity index is 1400. The van der Waals surface area contributed by atoms with Crippen molar-refractivity contribution in [2.75, 3.05) is 14.2 Å². The Morgan fingerprint density at radius 2 is 1.55 bits per heavy atom. The van der Waals surface area contributed by atoms with Crippen LogP contribution in [0.2, 0.25) is 5.02 Å². The number of nitrogens with one attached hydrogen (secondary N) is 1. The van der Waals surface area contributed by atoms with E-state index in [2.05, 4.69) is 10.3 Å². The van der Waals surface area contributed by atoms with Gasteiger partial charge in [0.05, 0.1) is 32.9 Å². The van der Waals surface area contributed by atoms with Crippen LogP contribution in [0.15, 0.2) is 97.2 Å². The van der Waals surface area contributed by atoms with E-state index in [1.165, 1.54) is 0 Å². The molecule has 1 heterocycles. The van der Waals surface area contributed by atoms with Gasteiger partial charge in [0.15, 0.2) is 11.5 Å². The second-order valence-corrected chi connectivity index (χ2v) is 9.70. The number of nitrogens with zero attached hydrogens (tertiary/aromatic N) is 2. The largest absolute Gasteiger partial charge is 0.493 e. The molecule has 0 aliphatic rings. The summed E-state index contributed by atoms with van der Waals surface area (Å²) >= 11 is 6.12. The van der Waals surface area contributed by atoms with Crippen LogP contribution in [0, 0.1) is 0 Å². The highest BCUT2D eigenvalue weighted by molar-refractivity contribution is 6.30. The summed E-state index contributed by atoms with van der Waals surface area (Å²) in [6.45, 7) is 0.488. The molecule has 1 N–H and O–H groups in total. The van der Waals surface area contributed by atoms with Gasteiger partial charge in [-0.05, 0) is 53.1 Å². The third-order valence-electron chi connectivity index (χ3n) is 6.51. The van der Waals surface area contributed by atoms with Gasteiger partial charge in [0.1, 0.15) is 6.04 Å². The van der Waals surface area contributed by atoms with Crippen LogP contribution in [0.5, 0.6) is 11.5 Å². The zero-order valence-corrected chi connectivity index (χ0v) is 23.3. The first-order valence-electron chi connectivity index (χ1n) is 12.9. The molecule has 206 valence electrons. The molecule has 0 aliphatic heterocycles. The van der Waals surface area contributed by atoms with E-state index in [9.17, 15) is 9.59 Å². The van der Waals surface area contributed by atoms with Crippen molar-refractivity contribution in [3.63, 3.8) is 0 Å². The predicted molar refractivity (Wildman–Crippen MR) is 155 cm³/mol. The second-order valence-electron chi connectivity index (χ2n) is 9.26. The smallest absolute Gasteiger partial charge is 0.243 e. The third-order valence-corrected chi connectivity index (χ3v) is 6.76. The Labute approximate surface area is 239 Å². The lowest BCUT2D eigenvalue weighted by Crippen LogP contribution is -2.50. The van der Waals surface area contributed by atoms with E-state index in [1.807, 2.05) is 66.7 Å². The number of carbonyl (C=O) groups is 2. The minimum absolute atomic E-state index is 0.0761. The summed E-state index contributed by atoms with van der Waals surface area (Å²) in [7, 11) is 3.12. The standard InChI is InChI=1S/C32H32ClN3O4/c1-39-29-16-13-25(19-30(29)40-2)20-31(37)36(22-24-11-14-26(33)15-12-24)28(18-23-8-4-3-5-9-23)32(38)35-21-27-10-6-7-17-34-27/h3-17,19,28H,18,20-22H2,1-2H3,(H,35,38)/t28-/m1/s1. The van der Waals surface area contributed by atoms with Gasteiger partial charge < -0.3 is 19.7 Å². The highest BCUT2D eigenvalue weighted by atomic mass is 35.5. The third kappa shape index (κ3) is 7.83. The monoisotopic (exact) mass is 557 g/mol. The van der Waals surface area contributed by atoms with Gasteiger partial charge in [-0.25, -0.2) is 0 Å². The fraction of sp³-hybridized carbons (Fsp3) is 0.219. The van der Waals surface area contributed by atoms with Crippen molar-refractivity contribution in [3.8, 4) is 11.5 Å². The fourth-order valence-corrected chi connectivity index (χ4v) is 4.53. The number of carbonyl (C=O) groups excluding carboxylic acids is 2. The highest BCUT2D eigenvalue weighted by Gasteiger charge is 2.30. The zero-order chi connectivity index (χ0) is 28.3. The number of hydrogen-bond donors (Lipinski definition) is 1. The Hall–Kier alpha value is -4.36. The van der Waals surface area contributed by atoms with Gasteiger partial charge in [-0.2, -0.15) is 0 Å². The maximum Gasteiger partial charge on any atom is 0.243 e. The highest BCUT2D eigenvalue weighted by Crippen LogP contribution is 2.28. The van der Waals surface area contributed by atoms with Crippen LogP contribution in [0.25, 0.3) is 0 Å². The van der Waals surface area contributed by atoms with E-state index in [-0.39, 0.29) is 31.3 Å². The summed E-state index contributed by atoms with van der Waals surface area (Å²) in [5.41, 5.74) is 3.28. The topological polar surface area (TPSA) is 80.8 Å². The predicted octanol–water partition coefficient (Wildman–Crippen LogP) is 5.25. The maximum absolute atomic E-state index is 14.0. The summed E-state index contributed by atoms with van der Waals surface area (Å²) < 4.78 is 10.8. The van der Waals surface area contributed by atoms with Crippen LogP contribution in [-0.2, 0) is 35.5 Å². The van der Waals surface area contributed by atoms with Gasteiger partial charge in [0.25, 0.3) is 0 Å². The Kier molecular flexibility index (Phi) is 10.1. The molecule has 0 bridgehead atoms. The van der Waals surface area contributed by atoms with Crippen molar-refractivity contribution in [1.82, 2.24) is 15.2 Å². The second kappa shape index (κ2) is 14.1. The minimum Gasteiger partial charge on any atom is -0.493 e. The number of methoxy groups -OCH3 is 2. The molecule has 0 saturated heterocycles. The number of aromatic nitrogens is 1. The molecular weight excluding hydrogens is 526 g/mol. The first-order chi connectivity index (χ1) is 19.5. The summed E-state index contributed by atoms with van der Waals surface area (Å²) in [5, 5.41) is 3.59. The molecule has 4 rings (SSSR count). The molecule has 3 aromatic carbocycles. The summed E-state index contributed by atoms with van der Waals surface area (Å²) in [6, 6.07) is 27.1. The molecule has 8 heteroatoms. The van der Waals surface area contributed by atoms with Crippen LogP contribution in [-0.4, -0.2) is 42.0 Å². The number of halogens is 1. The molecule has 1 atom stereocenters. The van der Waals surface area contributed by atoms with Gasteiger partial charge in [-0.15, -0.1) is 0 Å². The lowest BCUT2D eigenvalue weighted by molar-refractivity contribution is -0.140. The molecular formula is C32H32ClN3O4. The molecule has 0 spiro atoms. The van der Waals surface area contributed by atoms with Crippen molar-refractivity contribution in [2.24, 2.45) is 0 Å². The van der Waals surface area contributed by atoms with Crippen molar-refractivity contribution < 1.29 is 19.1 Å². The number of benzene rings is 3. The van der Waals surface area contributed by atoms with E-state index in [0.717, 1.165) is 22.4 Å². The molecule has 1 aromatic heterocycles. The fourth-order valence-electron chi connectivity index (χ4n) is 4.41. The van der Waals surface area contributed by atoms with E-state index in [0.29, 0.717) is 22.9 Å². The zero-order valence-electron chi connectivity index (χ0n) is 22.5. The van der Waals surface area contributed by atoms with Crippen molar-refractivity contribution in [2.45, 2.75) is 32.0 Å². The maximum atomic E-state index is 14.0. The van der Waals surface area contributed by atoms with Crippen molar-refractivity contribution >= 4 is 23.4 Å². The summed E-state index contributed by atoms with van der Waals surface area (Å²) in [5.74, 6) is 0.652. The lowest BCUT2D eigenvalue weighted by Gasteiger charge is -2.32. The number of rotatable bonds is 12. The molecule has 40 heavy (non-hydrogen) atoms. The van der Waals surface area contributed by atoms with Crippen molar-refractivity contribution in [3.05, 3.63) is 125 Å². The first-order valence-corrected chi connectivity index (χ1v) is 13.3. The van der Waals surface area contributed by atoms with E-state index < -0.39 is 6.04 Å². The van der Waals surface area contributed by atoms with E-state index in [1.54, 1.807) is 49.6 Å². The van der Waals surface area contributed by atoms with E-state index >= 15 is 0 Å². The molecule has 0 saturated carbocycles. The number of amides is 2. The molecule has 7 nitrogen and oxygen atoms in total. The van der Waals surface area contributed by atoms with Crippen LogP contribution in [0.3, 0.4) is 0 Å². The van der Waals surface area contributed by atoms with Crippen LogP contribution >= 0.6 is 11.6 Å². The summed E-state index contributed by atoms with van der Waals surface area (Å²) in [6.07, 6.45) is 2.11. The van der Waals surface area contributed by atoms with Crippen LogP contribution in [0.4, 0.5) is 0 Å². The van der Waals surface area contributed by atoms with Crippen LogP contribution in [0.1, 0.15) is 22.4 Å². The summed E-state index contributed by atoms with van der Waals surface area (Å²) in [4.78, 5) is 33.7. The number of hydrogen-bond acceptors (Lipinski definition) is 5. The molecule has 0 radical (unpaired) electrons. The van der Waals surface area contributed by atoms with Crippen LogP contribution < -0.4 is 14.8 Å². The van der Waals surface area contributed by atoms with Gasteiger partial charge in [0.2, 0.25) is 11.8 Å². The Morgan fingerprint density at radius 1 is 0.850 bits per heavy atom. The lowest BCUT2D eigenvalue weighted by atomic mass is 10.0. The SMILES string of the molecule is COc1ccc(CC(=O)N(Cc2ccc(Cl)cc2)[C@H](Cc2ccccc2)C(=O)NCc2ccccn2)cc1OC. The molecule has 4 aromatic rings. The minimum atomic E-state index is -0.769.